The van der Waals surface area contributed by atoms with E-state index in [9.17, 15) is 14.9 Å². The Morgan fingerprint density at radius 1 is 1.41 bits per heavy atom. The van der Waals surface area contributed by atoms with E-state index in [-0.39, 0.29) is 11.6 Å². The summed E-state index contributed by atoms with van der Waals surface area (Å²) in [5.74, 6) is -0.274. The van der Waals surface area contributed by atoms with Crippen molar-refractivity contribution in [1.29, 1.82) is 0 Å². The van der Waals surface area contributed by atoms with Crippen LogP contribution in [-0.4, -0.2) is 26.9 Å². The van der Waals surface area contributed by atoms with Crippen molar-refractivity contribution in [2.24, 2.45) is 0 Å². The maximum absolute atomic E-state index is 11.7. The first-order valence-corrected chi connectivity index (χ1v) is 6.82. The van der Waals surface area contributed by atoms with Crippen molar-refractivity contribution in [1.82, 2.24) is 14.9 Å². The number of nitro benzene ring substituents is 1. The first-order chi connectivity index (χ1) is 10.7. The number of amides is 1. The van der Waals surface area contributed by atoms with E-state index >= 15 is 0 Å². The van der Waals surface area contributed by atoms with Gasteiger partial charge in [-0.05, 0) is 18.6 Å². The van der Waals surface area contributed by atoms with Gasteiger partial charge in [-0.1, -0.05) is 12.1 Å². The number of hydrogen-bond acceptors (Lipinski definition) is 4. The fraction of sp³-hybridized carbons (Fsp3) is 0.200. The lowest BCUT2D eigenvalue weighted by Crippen LogP contribution is -2.23. The van der Waals surface area contributed by atoms with Crippen molar-refractivity contribution >= 4 is 17.7 Å². The minimum Gasteiger partial charge on any atom is -0.352 e. The molecule has 0 aliphatic rings. The molecule has 0 radical (unpaired) electrons. The van der Waals surface area contributed by atoms with Crippen LogP contribution in [0.2, 0.25) is 0 Å². The molecule has 1 aromatic carbocycles. The highest BCUT2D eigenvalue weighted by Gasteiger charge is 2.09. The van der Waals surface area contributed by atoms with Gasteiger partial charge in [0, 0.05) is 37.6 Å². The smallest absolute Gasteiger partial charge is 0.276 e. The Morgan fingerprint density at radius 3 is 2.95 bits per heavy atom. The maximum Gasteiger partial charge on any atom is 0.276 e. The van der Waals surface area contributed by atoms with Crippen molar-refractivity contribution in [3.8, 4) is 0 Å². The molecule has 0 aliphatic carbocycles. The van der Waals surface area contributed by atoms with Crippen LogP contribution in [0.3, 0.4) is 0 Å². The Hall–Kier alpha value is -2.96. The lowest BCUT2D eigenvalue weighted by atomic mass is 10.1. The zero-order valence-corrected chi connectivity index (χ0v) is 11.9. The molecule has 7 heteroatoms. The number of nitro groups is 1. The number of rotatable bonds is 7. The standard InChI is InChI=1S/C15H16N4O3/c20-15(17-8-3-10-18-11-9-16-12-18)7-6-13-4-1-2-5-14(13)19(21)22/h1-2,4-7,9,11-12H,3,8,10H2,(H,17,20)/b7-6+. The van der Waals surface area contributed by atoms with E-state index in [1.165, 1.54) is 18.2 Å². The van der Waals surface area contributed by atoms with Gasteiger partial charge in [0.1, 0.15) is 0 Å². The summed E-state index contributed by atoms with van der Waals surface area (Å²) in [5, 5.41) is 13.6. The van der Waals surface area contributed by atoms with Crippen LogP contribution in [0.1, 0.15) is 12.0 Å². The minimum absolute atomic E-state index is 0.0216. The molecule has 1 heterocycles. The highest BCUT2D eigenvalue weighted by molar-refractivity contribution is 5.92. The molecule has 0 aliphatic heterocycles. The minimum atomic E-state index is -0.470. The monoisotopic (exact) mass is 300 g/mol. The van der Waals surface area contributed by atoms with Gasteiger partial charge in [0.2, 0.25) is 5.91 Å². The van der Waals surface area contributed by atoms with Crippen LogP contribution >= 0.6 is 0 Å². The van der Waals surface area contributed by atoms with Crippen LogP contribution in [-0.2, 0) is 11.3 Å². The number of nitrogens with zero attached hydrogens (tertiary/aromatic N) is 3. The Morgan fingerprint density at radius 2 is 2.23 bits per heavy atom. The van der Waals surface area contributed by atoms with Crippen molar-refractivity contribution in [3.05, 3.63) is 64.7 Å². The molecule has 0 spiro atoms. The van der Waals surface area contributed by atoms with E-state index in [4.69, 9.17) is 0 Å². The summed E-state index contributed by atoms with van der Waals surface area (Å²) in [4.78, 5) is 26.0. The average molecular weight is 300 g/mol. The first-order valence-electron chi connectivity index (χ1n) is 6.82. The van der Waals surface area contributed by atoms with Gasteiger partial charge in [-0.2, -0.15) is 0 Å². The van der Waals surface area contributed by atoms with E-state index in [1.807, 2.05) is 10.8 Å². The van der Waals surface area contributed by atoms with Gasteiger partial charge < -0.3 is 9.88 Å². The highest BCUT2D eigenvalue weighted by Crippen LogP contribution is 2.18. The van der Waals surface area contributed by atoms with E-state index in [0.29, 0.717) is 12.1 Å². The fourth-order valence-corrected chi connectivity index (χ4v) is 1.91. The maximum atomic E-state index is 11.7. The second-order valence-corrected chi connectivity index (χ2v) is 4.59. The molecule has 2 rings (SSSR count). The third kappa shape index (κ3) is 4.55. The number of nitrogens with one attached hydrogen (secondary N) is 1. The number of carbonyl (C=O) groups is 1. The van der Waals surface area contributed by atoms with Crippen LogP contribution in [0.25, 0.3) is 6.08 Å². The zero-order valence-electron chi connectivity index (χ0n) is 11.9. The summed E-state index contributed by atoms with van der Waals surface area (Å²) in [6, 6.07) is 6.28. The van der Waals surface area contributed by atoms with Gasteiger partial charge in [0.15, 0.2) is 0 Å². The van der Waals surface area contributed by atoms with Crippen LogP contribution in [0.5, 0.6) is 0 Å². The van der Waals surface area contributed by atoms with Crippen LogP contribution in [0.4, 0.5) is 5.69 Å². The van der Waals surface area contributed by atoms with Crippen molar-refractivity contribution in [2.75, 3.05) is 6.54 Å². The molecule has 1 aromatic heterocycles. The van der Waals surface area contributed by atoms with Crippen LogP contribution in [0.15, 0.2) is 49.1 Å². The van der Waals surface area contributed by atoms with Crippen molar-refractivity contribution in [3.63, 3.8) is 0 Å². The van der Waals surface area contributed by atoms with Gasteiger partial charge in [0.05, 0.1) is 16.8 Å². The number of aromatic nitrogens is 2. The number of imidazole rings is 1. The Kier molecular flexibility index (Phi) is 5.42. The third-order valence-corrected chi connectivity index (χ3v) is 3.00. The Balaban J connectivity index is 1.80. The quantitative estimate of drug-likeness (QED) is 0.366. The largest absolute Gasteiger partial charge is 0.352 e. The second kappa shape index (κ2) is 7.72. The SMILES string of the molecule is O=C(/C=C/c1ccccc1[N+](=O)[O-])NCCCn1ccnc1. The van der Waals surface area contributed by atoms with Crippen LogP contribution in [0, 0.1) is 10.1 Å². The van der Waals surface area contributed by atoms with Crippen LogP contribution < -0.4 is 5.32 Å². The van der Waals surface area contributed by atoms with E-state index in [0.717, 1.165) is 13.0 Å². The molecular weight excluding hydrogens is 284 g/mol. The molecular formula is C15H16N4O3. The molecule has 0 saturated carbocycles. The molecule has 1 N–H and O–H groups in total. The number of benzene rings is 1. The predicted molar refractivity (Wildman–Crippen MR) is 82.0 cm³/mol. The summed E-state index contributed by atoms with van der Waals surface area (Å²) in [5.41, 5.74) is 0.382. The summed E-state index contributed by atoms with van der Waals surface area (Å²) in [7, 11) is 0. The summed E-state index contributed by atoms with van der Waals surface area (Å²) >= 11 is 0. The van der Waals surface area contributed by atoms with Gasteiger partial charge in [-0.25, -0.2) is 4.98 Å². The molecule has 0 saturated heterocycles. The van der Waals surface area contributed by atoms with Gasteiger partial charge >= 0.3 is 0 Å². The average Bonchev–Trinajstić information content (AvgIpc) is 3.03. The Labute approximate surface area is 127 Å². The third-order valence-electron chi connectivity index (χ3n) is 3.00. The molecule has 114 valence electrons. The number of hydrogen-bond donors (Lipinski definition) is 1. The molecule has 22 heavy (non-hydrogen) atoms. The molecule has 2 aromatic rings. The molecule has 0 unspecified atom stereocenters. The fourth-order valence-electron chi connectivity index (χ4n) is 1.91. The Bertz CT molecular complexity index is 665. The first kappa shape index (κ1) is 15.4. The second-order valence-electron chi connectivity index (χ2n) is 4.59. The van der Waals surface area contributed by atoms with Gasteiger partial charge in [-0.15, -0.1) is 0 Å². The predicted octanol–water partition coefficient (Wildman–Crippen LogP) is 2.01. The number of aryl methyl sites for hydroxylation is 1. The molecule has 0 fully saturated rings. The van der Waals surface area contributed by atoms with E-state index < -0.39 is 4.92 Å². The van der Waals surface area contributed by atoms with Gasteiger partial charge in [0.25, 0.3) is 5.69 Å². The molecule has 0 bridgehead atoms. The van der Waals surface area contributed by atoms with E-state index in [2.05, 4.69) is 10.3 Å². The molecule has 1 amide bonds. The molecule has 0 atom stereocenters. The topological polar surface area (TPSA) is 90.1 Å². The zero-order chi connectivity index (χ0) is 15.8. The lowest BCUT2D eigenvalue weighted by molar-refractivity contribution is -0.385. The number of para-hydroxylation sites is 1. The van der Waals surface area contributed by atoms with E-state index in [1.54, 1.807) is 30.7 Å². The lowest BCUT2D eigenvalue weighted by Gasteiger charge is -2.03. The normalized spacial score (nSPS) is 10.7. The highest BCUT2D eigenvalue weighted by atomic mass is 16.6. The summed E-state index contributed by atoms with van der Waals surface area (Å²) in [6.07, 6.45) is 8.81. The van der Waals surface area contributed by atoms with Crippen molar-refractivity contribution in [2.45, 2.75) is 13.0 Å². The number of carbonyl (C=O) groups excluding carboxylic acids is 1. The van der Waals surface area contributed by atoms with Crippen molar-refractivity contribution < 1.29 is 9.72 Å². The van der Waals surface area contributed by atoms with Gasteiger partial charge in [-0.3, -0.25) is 14.9 Å². The summed E-state index contributed by atoms with van der Waals surface area (Å²) in [6.45, 7) is 1.30. The summed E-state index contributed by atoms with van der Waals surface area (Å²) < 4.78 is 1.93. The molecule has 7 nitrogen and oxygen atoms in total.